The first-order valence-electron chi connectivity index (χ1n) is 4.34. The van der Waals surface area contributed by atoms with Gasteiger partial charge in [0.25, 0.3) is 0 Å². The molecule has 0 aromatic heterocycles. The zero-order chi connectivity index (χ0) is 9.26. The number of hydrogen-bond donors (Lipinski definition) is 0. The van der Waals surface area contributed by atoms with Crippen LogP contribution in [0.5, 0.6) is 0 Å². The van der Waals surface area contributed by atoms with Crippen LogP contribution >= 0.6 is 11.6 Å². The number of benzene rings is 1. The van der Waals surface area contributed by atoms with Crippen molar-refractivity contribution >= 4 is 23.5 Å². The Morgan fingerprint density at radius 2 is 2.38 bits per heavy atom. The Kier molecular flexibility index (Phi) is 2.23. The second-order valence-corrected chi connectivity index (χ2v) is 3.64. The van der Waals surface area contributed by atoms with Crippen LogP contribution < -0.4 is 5.01 Å². The molecule has 0 saturated heterocycles. The third-order valence-corrected chi connectivity index (χ3v) is 2.38. The molecule has 0 bridgehead atoms. The van der Waals surface area contributed by atoms with Gasteiger partial charge in [0.2, 0.25) is 0 Å². The van der Waals surface area contributed by atoms with Gasteiger partial charge in [-0.15, -0.1) is 0 Å². The highest BCUT2D eigenvalue weighted by Gasteiger charge is 2.16. The smallest absolute Gasteiger partial charge is 0.0611 e. The van der Waals surface area contributed by atoms with Crippen LogP contribution in [0.4, 0.5) is 5.69 Å². The minimum absolute atomic E-state index is 0.443. The van der Waals surface area contributed by atoms with Crippen LogP contribution in [-0.2, 0) is 0 Å². The molecule has 68 valence electrons. The predicted octanol–water partition coefficient (Wildman–Crippen LogP) is 2.92. The predicted molar refractivity (Wildman–Crippen MR) is 56.5 cm³/mol. The minimum Gasteiger partial charge on any atom is -0.263 e. The van der Waals surface area contributed by atoms with Gasteiger partial charge in [-0.2, -0.15) is 5.10 Å². The molecule has 0 amide bonds. The van der Waals surface area contributed by atoms with Gasteiger partial charge in [0, 0.05) is 17.7 Å². The van der Waals surface area contributed by atoms with Gasteiger partial charge in [-0.05, 0) is 25.1 Å². The molecule has 1 heterocycles. The normalized spacial score (nSPS) is 21.1. The Hall–Kier alpha value is -1.02. The minimum atomic E-state index is 0.443. The van der Waals surface area contributed by atoms with Crippen LogP contribution in [0, 0.1) is 0 Å². The lowest BCUT2D eigenvalue weighted by Crippen LogP contribution is -2.22. The van der Waals surface area contributed by atoms with Crippen LogP contribution in [0.2, 0.25) is 5.02 Å². The van der Waals surface area contributed by atoms with Crippen LogP contribution in [0.15, 0.2) is 29.4 Å². The summed E-state index contributed by atoms with van der Waals surface area (Å²) in [6.07, 6.45) is 2.94. The second-order valence-electron chi connectivity index (χ2n) is 3.21. The van der Waals surface area contributed by atoms with E-state index in [9.17, 15) is 0 Å². The third kappa shape index (κ3) is 1.68. The van der Waals surface area contributed by atoms with Crippen molar-refractivity contribution in [2.24, 2.45) is 5.10 Å². The van der Waals surface area contributed by atoms with Crippen molar-refractivity contribution in [2.45, 2.75) is 19.4 Å². The zero-order valence-corrected chi connectivity index (χ0v) is 8.20. The summed E-state index contributed by atoms with van der Waals surface area (Å²) in [7, 11) is 0. The summed E-state index contributed by atoms with van der Waals surface area (Å²) in [5.41, 5.74) is 1.06. The van der Waals surface area contributed by atoms with E-state index in [0.29, 0.717) is 6.04 Å². The molecule has 1 aliphatic rings. The van der Waals surface area contributed by atoms with E-state index in [1.165, 1.54) is 0 Å². The van der Waals surface area contributed by atoms with Gasteiger partial charge in [-0.1, -0.05) is 17.7 Å². The average Bonchev–Trinajstić information content (AvgIpc) is 2.51. The molecule has 1 aliphatic heterocycles. The molecule has 1 aromatic carbocycles. The first-order chi connectivity index (χ1) is 6.27. The Morgan fingerprint density at radius 3 is 3.00 bits per heavy atom. The fraction of sp³-hybridized carbons (Fsp3) is 0.300. The summed E-state index contributed by atoms with van der Waals surface area (Å²) in [6, 6.07) is 8.21. The summed E-state index contributed by atoms with van der Waals surface area (Å²) in [6.45, 7) is 2.15. The topological polar surface area (TPSA) is 15.6 Å². The number of hydrazone groups is 1. The quantitative estimate of drug-likeness (QED) is 0.671. The van der Waals surface area contributed by atoms with Crippen molar-refractivity contribution in [1.82, 2.24) is 0 Å². The molecule has 2 nitrogen and oxygen atoms in total. The van der Waals surface area contributed by atoms with Crippen molar-refractivity contribution in [3.05, 3.63) is 29.3 Å². The highest BCUT2D eigenvalue weighted by atomic mass is 35.5. The van der Waals surface area contributed by atoms with E-state index >= 15 is 0 Å². The van der Waals surface area contributed by atoms with Gasteiger partial charge in [0.05, 0.1) is 11.7 Å². The van der Waals surface area contributed by atoms with Gasteiger partial charge in [-0.3, -0.25) is 5.01 Å². The van der Waals surface area contributed by atoms with Gasteiger partial charge >= 0.3 is 0 Å². The van der Waals surface area contributed by atoms with Gasteiger partial charge in [0.1, 0.15) is 0 Å². The lowest BCUT2D eigenvalue weighted by Gasteiger charge is -2.20. The molecule has 0 radical (unpaired) electrons. The summed E-state index contributed by atoms with van der Waals surface area (Å²) >= 11 is 5.89. The highest BCUT2D eigenvalue weighted by molar-refractivity contribution is 6.30. The standard InChI is InChI=1S/C10H11ClN2/c1-8-5-6-12-13(8)10-4-2-3-9(11)7-10/h2-4,6-8H,5H2,1H3. The molecule has 0 aliphatic carbocycles. The summed E-state index contributed by atoms with van der Waals surface area (Å²) < 4.78 is 0. The van der Waals surface area contributed by atoms with Crippen molar-refractivity contribution in [3.63, 3.8) is 0 Å². The van der Waals surface area contributed by atoms with Crippen molar-refractivity contribution in [2.75, 3.05) is 5.01 Å². The molecule has 3 heteroatoms. The number of halogens is 1. The molecule has 0 N–H and O–H groups in total. The molecule has 0 saturated carbocycles. The number of rotatable bonds is 1. The van der Waals surface area contributed by atoms with Crippen molar-refractivity contribution in [1.29, 1.82) is 0 Å². The maximum atomic E-state index is 5.89. The van der Waals surface area contributed by atoms with E-state index in [0.717, 1.165) is 17.1 Å². The van der Waals surface area contributed by atoms with Crippen molar-refractivity contribution < 1.29 is 0 Å². The SMILES string of the molecule is CC1CC=NN1c1cccc(Cl)c1. The fourth-order valence-electron chi connectivity index (χ4n) is 1.44. The highest BCUT2D eigenvalue weighted by Crippen LogP contribution is 2.24. The Labute approximate surface area is 82.8 Å². The Bertz CT molecular complexity index is 335. The summed E-state index contributed by atoms with van der Waals surface area (Å²) in [4.78, 5) is 0. The molecule has 0 spiro atoms. The molecule has 1 atom stereocenters. The lowest BCUT2D eigenvalue weighted by molar-refractivity contribution is 0.724. The van der Waals surface area contributed by atoms with Crippen LogP contribution in [0.3, 0.4) is 0 Å². The second kappa shape index (κ2) is 3.38. The van der Waals surface area contributed by atoms with Crippen molar-refractivity contribution in [3.8, 4) is 0 Å². The number of nitrogens with zero attached hydrogens (tertiary/aromatic N) is 2. The van der Waals surface area contributed by atoms with E-state index in [1.54, 1.807) is 0 Å². The third-order valence-electron chi connectivity index (χ3n) is 2.14. The van der Waals surface area contributed by atoms with Gasteiger partial charge < -0.3 is 0 Å². The monoisotopic (exact) mass is 194 g/mol. The summed E-state index contributed by atoms with van der Waals surface area (Å²) in [5.74, 6) is 0. The van der Waals surface area contributed by atoms with Crippen LogP contribution in [0.25, 0.3) is 0 Å². The zero-order valence-electron chi connectivity index (χ0n) is 7.44. The van der Waals surface area contributed by atoms with E-state index in [2.05, 4.69) is 12.0 Å². The fourth-order valence-corrected chi connectivity index (χ4v) is 1.63. The average molecular weight is 195 g/mol. The molecular weight excluding hydrogens is 184 g/mol. The molecule has 0 fully saturated rings. The summed E-state index contributed by atoms with van der Waals surface area (Å²) in [5, 5.41) is 7.03. The van der Waals surface area contributed by atoms with Crippen LogP contribution in [-0.4, -0.2) is 12.3 Å². The van der Waals surface area contributed by atoms with Gasteiger partial charge in [0.15, 0.2) is 0 Å². The lowest BCUT2D eigenvalue weighted by atomic mass is 10.2. The number of anilines is 1. The molecule has 2 rings (SSSR count). The van der Waals surface area contributed by atoms with E-state index in [1.807, 2.05) is 35.5 Å². The maximum Gasteiger partial charge on any atom is 0.0611 e. The number of hydrogen-bond acceptors (Lipinski definition) is 2. The maximum absolute atomic E-state index is 5.89. The molecular formula is C10H11ClN2. The van der Waals surface area contributed by atoms with Gasteiger partial charge in [-0.25, -0.2) is 0 Å². The molecule has 1 aromatic rings. The van der Waals surface area contributed by atoms with E-state index < -0.39 is 0 Å². The van der Waals surface area contributed by atoms with E-state index in [4.69, 9.17) is 11.6 Å². The van der Waals surface area contributed by atoms with E-state index in [-0.39, 0.29) is 0 Å². The Balaban J connectivity index is 2.29. The molecule has 1 unspecified atom stereocenters. The first kappa shape index (κ1) is 8.57. The molecule has 13 heavy (non-hydrogen) atoms. The van der Waals surface area contributed by atoms with Crippen LogP contribution in [0.1, 0.15) is 13.3 Å². The first-order valence-corrected chi connectivity index (χ1v) is 4.72. The largest absolute Gasteiger partial charge is 0.263 e. The Morgan fingerprint density at radius 1 is 1.54 bits per heavy atom.